The molecule has 7 heteroatoms. The minimum atomic E-state index is -1.93. The highest BCUT2D eigenvalue weighted by atomic mass is 16.7. The van der Waals surface area contributed by atoms with E-state index in [4.69, 9.17) is 9.47 Å². The summed E-state index contributed by atoms with van der Waals surface area (Å²) in [6, 6.07) is 13.7. The van der Waals surface area contributed by atoms with Gasteiger partial charge in [-0.15, -0.1) is 0 Å². The van der Waals surface area contributed by atoms with E-state index in [9.17, 15) is 14.7 Å². The van der Waals surface area contributed by atoms with E-state index in [1.54, 1.807) is 42.5 Å². The highest BCUT2D eigenvalue weighted by Crippen LogP contribution is 2.46. The Hall–Kier alpha value is -3.06. The molecule has 7 nitrogen and oxygen atoms in total. The van der Waals surface area contributed by atoms with Crippen LogP contribution in [-0.2, 0) is 19.9 Å². The SMILES string of the molecule is O=C(NC1CCCCC1)C1(C(=O)NC2CCCCC2)OC(c2ccccc2O)Oc2ccccc21. The Morgan fingerprint density at radius 2 is 1.31 bits per heavy atom. The molecule has 1 heterocycles. The number of carbonyl (C=O) groups excluding carboxylic acids is 2. The second-order valence-corrected chi connectivity index (χ2v) is 9.92. The summed E-state index contributed by atoms with van der Waals surface area (Å²) < 4.78 is 12.5. The zero-order valence-electron chi connectivity index (χ0n) is 20.0. The fourth-order valence-electron chi connectivity index (χ4n) is 5.56. The van der Waals surface area contributed by atoms with Gasteiger partial charge in [-0.3, -0.25) is 9.59 Å². The summed E-state index contributed by atoms with van der Waals surface area (Å²) in [6.45, 7) is 0. The largest absolute Gasteiger partial charge is 0.507 e. The van der Waals surface area contributed by atoms with Crippen LogP contribution >= 0.6 is 0 Å². The third kappa shape index (κ3) is 4.74. The molecule has 2 aromatic rings. The third-order valence-electron chi connectivity index (χ3n) is 7.50. The van der Waals surface area contributed by atoms with E-state index in [1.165, 1.54) is 6.07 Å². The molecule has 5 rings (SSSR count). The molecule has 3 N–H and O–H groups in total. The van der Waals surface area contributed by atoms with Gasteiger partial charge in [0.1, 0.15) is 11.5 Å². The number of phenols is 1. The molecule has 3 aliphatic rings. The molecule has 35 heavy (non-hydrogen) atoms. The van der Waals surface area contributed by atoms with Gasteiger partial charge in [0.15, 0.2) is 0 Å². The zero-order valence-corrected chi connectivity index (χ0v) is 20.0. The lowest BCUT2D eigenvalue weighted by atomic mass is 9.86. The summed E-state index contributed by atoms with van der Waals surface area (Å²) in [5.74, 6) is -0.585. The van der Waals surface area contributed by atoms with Crippen molar-refractivity contribution in [2.45, 2.75) is 88.2 Å². The number of carbonyl (C=O) groups is 2. The van der Waals surface area contributed by atoms with Crippen LogP contribution in [-0.4, -0.2) is 29.0 Å². The average molecular weight is 479 g/mol. The fraction of sp³-hybridized carbons (Fsp3) is 0.500. The molecule has 0 radical (unpaired) electrons. The molecule has 2 aliphatic carbocycles. The molecule has 0 aromatic heterocycles. The molecule has 0 saturated heterocycles. The summed E-state index contributed by atoms with van der Waals surface area (Å²) in [6.07, 6.45) is 8.91. The molecule has 1 aliphatic heterocycles. The van der Waals surface area contributed by atoms with Crippen LogP contribution in [0.1, 0.15) is 81.6 Å². The molecule has 0 bridgehead atoms. The van der Waals surface area contributed by atoms with Crippen molar-refractivity contribution in [3.63, 3.8) is 0 Å². The van der Waals surface area contributed by atoms with Crippen LogP contribution in [0.15, 0.2) is 48.5 Å². The predicted molar refractivity (Wildman–Crippen MR) is 131 cm³/mol. The summed E-state index contributed by atoms with van der Waals surface area (Å²) in [5.41, 5.74) is -1.19. The number of amides is 2. The maximum absolute atomic E-state index is 14.1. The van der Waals surface area contributed by atoms with Crippen LogP contribution in [0, 0.1) is 0 Å². The maximum Gasteiger partial charge on any atom is 0.267 e. The lowest BCUT2D eigenvalue weighted by Crippen LogP contribution is -2.61. The molecule has 0 spiro atoms. The van der Waals surface area contributed by atoms with Gasteiger partial charge in [-0.25, -0.2) is 0 Å². The number of benzene rings is 2. The Labute approximate surface area is 206 Å². The lowest BCUT2D eigenvalue weighted by molar-refractivity contribution is -0.208. The Balaban J connectivity index is 1.56. The van der Waals surface area contributed by atoms with Crippen LogP contribution in [0.2, 0.25) is 0 Å². The van der Waals surface area contributed by atoms with Gasteiger partial charge in [-0.05, 0) is 43.9 Å². The number of aromatic hydroxyl groups is 1. The number of rotatable bonds is 5. The maximum atomic E-state index is 14.1. The molecule has 1 unspecified atom stereocenters. The van der Waals surface area contributed by atoms with Gasteiger partial charge in [0.05, 0.1) is 5.56 Å². The van der Waals surface area contributed by atoms with Gasteiger partial charge in [0.2, 0.25) is 6.29 Å². The van der Waals surface area contributed by atoms with Crippen LogP contribution in [0.3, 0.4) is 0 Å². The van der Waals surface area contributed by atoms with E-state index in [0.717, 1.165) is 64.2 Å². The molecule has 186 valence electrons. The minimum Gasteiger partial charge on any atom is -0.507 e. The minimum absolute atomic E-state index is 0.00205. The monoisotopic (exact) mass is 478 g/mol. The van der Waals surface area contributed by atoms with E-state index in [0.29, 0.717) is 16.9 Å². The summed E-state index contributed by atoms with van der Waals surface area (Å²) in [5, 5.41) is 16.8. The quantitative estimate of drug-likeness (QED) is 0.546. The molecule has 1 atom stereocenters. The topological polar surface area (TPSA) is 96.9 Å². The van der Waals surface area contributed by atoms with Crippen molar-refractivity contribution in [3.05, 3.63) is 59.7 Å². The first-order valence-corrected chi connectivity index (χ1v) is 12.9. The molecular formula is C28H34N2O5. The summed E-state index contributed by atoms with van der Waals surface area (Å²) in [4.78, 5) is 28.2. The van der Waals surface area contributed by atoms with E-state index in [-0.39, 0.29) is 17.8 Å². The third-order valence-corrected chi connectivity index (χ3v) is 7.50. The van der Waals surface area contributed by atoms with Crippen molar-refractivity contribution in [2.75, 3.05) is 0 Å². The number of fused-ring (bicyclic) bond motifs is 1. The number of hydrogen-bond donors (Lipinski definition) is 3. The van der Waals surface area contributed by atoms with Crippen molar-refractivity contribution in [3.8, 4) is 11.5 Å². The zero-order chi connectivity index (χ0) is 24.3. The highest BCUT2D eigenvalue weighted by molar-refractivity contribution is 6.10. The molecule has 2 fully saturated rings. The van der Waals surface area contributed by atoms with Gasteiger partial charge in [0, 0.05) is 17.6 Å². The van der Waals surface area contributed by atoms with Gasteiger partial charge in [-0.1, -0.05) is 68.9 Å². The van der Waals surface area contributed by atoms with Crippen molar-refractivity contribution in [1.29, 1.82) is 0 Å². The fourth-order valence-corrected chi connectivity index (χ4v) is 5.56. The number of phenolic OH excluding ortho intramolecular Hbond substituents is 1. The van der Waals surface area contributed by atoms with Crippen LogP contribution in [0.5, 0.6) is 11.5 Å². The first kappa shape index (κ1) is 23.7. The van der Waals surface area contributed by atoms with Gasteiger partial charge < -0.3 is 25.2 Å². The number of ether oxygens (including phenoxy) is 2. The van der Waals surface area contributed by atoms with Crippen LogP contribution < -0.4 is 15.4 Å². The molecule has 2 amide bonds. The van der Waals surface area contributed by atoms with E-state index in [2.05, 4.69) is 10.6 Å². The van der Waals surface area contributed by atoms with Crippen LogP contribution in [0.25, 0.3) is 0 Å². The number of para-hydroxylation sites is 2. The van der Waals surface area contributed by atoms with Gasteiger partial charge in [-0.2, -0.15) is 0 Å². The summed E-state index contributed by atoms with van der Waals surface area (Å²) in [7, 11) is 0. The van der Waals surface area contributed by atoms with Crippen molar-refractivity contribution < 1.29 is 24.2 Å². The molecule has 2 aromatic carbocycles. The Morgan fingerprint density at radius 1 is 0.771 bits per heavy atom. The first-order chi connectivity index (χ1) is 17.1. The second kappa shape index (κ2) is 10.3. The van der Waals surface area contributed by atoms with Crippen LogP contribution in [0.4, 0.5) is 0 Å². The Kier molecular flexibility index (Phi) is 6.95. The summed E-state index contributed by atoms with van der Waals surface area (Å²) >= 11 is 0. The van der Waals surface area contributed by atoms with E-state index < -0.39 is 23.7 Å². The normalized spacial score (nSPS) is 22.5. The number of nitrogens with one attached hydrogen (secondary N) is 2. The number of hydrogen-bond acceptors (Lipinski definition) is 5. The highest BCUT2D eigenvalue weighted by Gasteiger charge is 2.56. The smallest absolute Gasteiger partial charge is 0.267 e. The predicted octanol–water partition coefficient (Wildman–Crippen LogP) is 4.59. The van der Waals surface area contributed by atoms with Gasteiger partial charge in [0.25, 0.3) is 17.4 Å². The average Bonchev–Trinajstić information content (AvgIpc) is 2.89. The molecule has 2 saturated carbocycles. The molecular weight excluding hydrogens is 444 g/mol. The Bertz CT molecular complexity index is 1030. The Morgan fingerprint density at radius 3 is 1.91 bits per heavy atom. The van der Waals surface area contributed by atoms with E-state index >= 15 is 0 Å². The second-order valence-electron chi connectivity index (χ2n) is 9.92. The van der Waals surface area contributed by atoms with Crippen molar-refractivity contribution in [2.24, 2.45) is 0 Å². The standard InChI is InChI=1S/C28H34N2O5/c31-23-17-9-7-15-21(23)25-34-24-18-10-8-16-22(24)28(35-25,26(32)29-19-11-3-1-4-12-19)27(33)30-20-13-5-2-6-14-20/h7-10,15-20,25,31H,1-6,11-14H2,(H,29,32)(H,30,33). The lowest BCUT2D eigenvalue weighted by Gasteiger charge is -2.41. The van der Waals surface area contributed by atoms with Crippen molar-refractivity contribution in [1.82, 2.24) is 10.6 Å². The van der Waals surface area contributed by atoms with Crippen molar-refractivity contribution >= 4 is 11.8 Å². The van der Waals surface area contributed by atoms with E-state index in [1.807, 2.05) is 0 Å². The van der Waals surface area contributed by atoms with Gasteiger partial charge >= 0.3 is 0 Å². The first-order valence-electron chi connectivity index (χ1n) is 12.9.